The van der Waals surface area contributed by atoms with Crippen molar-refractivity contribution in [2.45, 2.75) is 6.92 Å². The highest BCUT2D eigenvalue weighted by Gasteiger charge is 2.18. The van der Waals surface area contributed by atoms with Crippen LogP contribution in [0.3, 0.4) is 0 Å². The van der Waals surface area contributed by atoms with E-state index in [9.17, 15) is 0 Å². The predicted molar refractivity (Wildman–Crippen MR) is 83.8 cm³/mol. The smallest absolute Gasteiger partial charge is 0.188 e. The highest BCUT2D eigenvalue weighted by molar-refractivity contribution is 6.35. The van der Waals surface area contributed by atoms with Crippen molar-refractivity contribution in [2.75, 3.05) is 5.73 Å². The van der Waals surface area contributed by atoms with Gasteiger partial charge in [-0.3, -0.25) is 0 Å². The standard InChI is InChI=1S/C14H11Cl2N5/c1-8-4-2-6-10(15)13(8)21-14(18-19-20-21)9-5-3-7-11(17)12(9)16/h2-7H,17H2,1H3. The molecule has 3 rings (SSSR count). The SMILES string of the molecule is Cc1cccc(Cl)c1-n1nnnc1-c1cccc(N)c1Cl. The Bertz CT molecular complexity index is 793. The Morgan fingerprint density at radius 2 is 1.86 bits per heavy atom. The molecule has 0 unspecified atom stereocenters. The topological polar surface area (TPSA) is 69.6 Å². The summed E-state index contributed by atoms with van der Waals surface area (Å²) < 4.78 is 1.57. The van der Waals surface area contributed by atoms with Crippen LogP contribution in [0.4, 0.5) is 5.69 Å². The molecule has 0 saturated heterocycles. The number of aromatic nitrogens is 4. The van der Waals surface area contributed by atoms with Gasteiger partial charge in [-0.2, -0.15) is 4.68 Å². The van der Waals surface area contributed by atoms with Crippen LogP contribution in [0.1, 0.15) is 5.56 Å². The number of halogens is 2. The molecule has 0 aliphatic rings. The lowest BCUT2D eigenvalue weighted by Crippen LogP contribution is -2.03. The van der Waals surface area contributed by atoms with Crippen LogP contribution >= 0.6 is 23.2 Å². The Morgan fingerprint density at radius 1 is 1.10 bits per heavy atom. The van der Waals surface area contributed by atoms with E-state index in [4.69, 9.17) is 28.9 Å². The molecule has 1 heterocycles. The van der Waals surface area contributed by atoms with Gasteiger partial charge in [-0.15, -0.1) is 5.10 Å². The van der Waals surface area contributed by atoms with Crippen molar-refractivity contribution < 1.29 is 0 Å². The van der Waals surface area contributed by atoms with Gasteiger partial charge in [0.2, 0.25) is 0 Å². The molecule has 0 amide bonds. The second-order valence-corrected chi connectivity index (χ2v) is 5.31. The molecular formula is C14H11Cl2N5. The summed E-state index contributed by atoms with van der Waals surface area (Å²) in [4.78, 5) is 0. The van der Waals surface area contributed by atoms with Crippen LogP contribution in [-0.4, -0.2) is 20.2 Å². The van der Waals surface area contributed by atoms with Crippen LogP contribution < -0.4 is 5.73 Å². The van der Waals surface area contributed by atoms with Crippen molar-refractivity contribution in [3.63, 3.8) is 0 Å². The summed E-state index contributed by atoms with van der Waals surface area (Å²) in [5.74, 6) is 0.489. The molecule has 0 atom stereocenters. The first kappa shape index (κ1) is 13.9. The molecule has 0 aliphatic carbocycles. The first-order chi connectivity index (χ1) is 10.1. The maximum atomic E-state index is 6.28. The zero-order chi connectivity index (χ0) is 15.0. The Morgan fingerprint density at radius 3 is 2.62 bits per heavy atom. The summed E-state index contributed by atoms with van der Waals surface area (Å²) in [5, 5.41) is 12.8. The van der Waals surface area contributed by atoms with E-state index in [0.29, 0.717) is 27.1 Å². The fraction of sp³-hybridized carbons (Fsp3) is 0.0714. The Kier molecular flexibility index (Phi) is 3.53. The Labute approximate surface area is 131 Å². The average molecular weight is 320 g/mol. The molecule has 0 spiro atoms. The molecule has 1 aromatic heterocycles. The molecule has 2 aromatic carbocycles. The van der Waals surface area contributed by atoms with Crippen LogP contribution in [0, 0.1) is 6.92 Å². The number of benzene rings is 2. The van der Waals surface area contributed by atoms with E-state index in [1.807, 2.05) is 25.1 Å². The first-order valence-corrected chi connectivity index (χ1v) is 6.93. The number of hydrogen-bond donors (Lipinski definition) is 1. The fourth-order valence-electron chi connectivity index (χ4n) is 2.12. The molecule has 21 heavy (non-hydrogen) atoms. The number of tetrazole rings is 1. The summed E-state index contributed by atoms with van der Waals surface area (Å²) in [7, 11) is 0. The zero-order valence-electron chi connectivity index (χ0n) is 11.1. The van der Waals surface area contributed by atoms with Gasteiger partial charge in [-0.1, -0.05) is 41.4 Å². The molecule has 3 aromatic rings. The van der Waals surface area contributed by atoms with Gasteiger partial charge < -0.3 is 5.73 Å². The lowest BCUT2D eigenvalue weighted by atomic mass is 10.1. The van der Waals surface area contributed by atoms with Crippen LogP contribution in [0.25, 0.3) is 17.1 Å². The third-order valence-corrected chi connectivity index (χ3v) is 3.87. The quantitative estimate of drug-likeness (QED) is 0.733. The maximum absolute atomic E-state index is 6.28. The first-order valence-electron chi connectivity index (χ1n) is 6.18. The molecule has 0 aliphatic heterocycles. The third kappa shape index (κ3) is 2.34. The molecule has 2 N–H and O–H groups in total. The van der Waals surface area contributed by atoms with E-state index in [2.05, 4.69) is 15.5 Å². The van der Waals surface area contributed by atoms with Gasteiger partial charge in [0.25, 0.3) is 0 Å². The normalized spacial score (nSPS) is 10.8. The van der Waals surface area contributed by atoms with Crippen molar-refractivity contribution >= 4 is 28.9 Å². The summed E-state index contributed by atoms with van der Waals surface area (Å²) >= 11 is 12.5. The maximum Gasteiger partial charge on any atom is 0.188 e. The number of nitrogens with zero attached hydrogens (tertiary/aromatic N) is 4. The predicted octanol–water partition coefficient (Wildman–Crippen LogP) is 3.53. The van der Waals surface area contributed by atoms with Gasteiger partial charge in [0.05, 0.1) is 21.4 Å². The minimum absolute atomic E-state index is 0.415. The Balaban J connectivity index is 2.25. The van der Waals surface area contributed by atoms with Crippen molar-refractivity contribution in [3.8, 4) is 17.1 Å². The van der Waals surface area contributed by atoms with E-state index >= 15 is 0 Å². The number of hydrogen-bond acceptors (Lipinski definition) is 4. The van der Waals surface area contributed by atoms with E-state index in [0.717, 1.165) is 11.3 Å². The largest absolute Gasteiger partial charge is 0.398 e. The average Bonchev–Trinajstić information content (AvgIpc) is 2.91. The molecule has 0 saturated carbocycles. The summed E-state index contributed by atoms with van der Waals surface area (Å²) in [6.07, 6.45) is 0. The van der Waals surface area contributed by atoms with E-state index < -0.39 is 0 Å². The number of nitrogens with two attached hydrogens (primary N) is 1. The minimum Gasteiger partial charge on any atom is -0.398 e. The third-order valence-electron chi connectivity index (χ3n) is 3.14. The molecular weight excluding hydrogens is 309 g/mol. The number of anilines is 1. The number of aryl methyl sites for hydroxylation is 1. The second kappa shape index (κ2) is 5.35. The number of nitrogen functional groups attached to an aromatic ring is 1. The van der Waals surface area contributed by atoms with Crippen LogP contribution in [0.15, 0.2) is 36.4 Å². The molecule has 5 nitrogen and oxygen atoms in total. The van der Waals surface area contributed by atoms with Crippen molar-refractivity contribution in [2.24, 2.45) is 0 Å². The van der Waals surface area contributed by atoms with Gasteiger partial charge >= 0.3 is 0 Å². The van der Waals surface area contributed by atoms with Gasteiger partial charge in [0.15, 0.2) is 5.82 Å². The van der Waals surface area contributed by atoms with E-state index in [1.165, 1.54) is 0 Å². The van der Waals surface area contributed by atoms with Gasteiger partial charge in [0, 0.05) is 5.56 Å². The van der Waals surface area contributed by atoms with E-state index in [1.54, 1.807) is 22.9 Å². The molecule has 0 fully saturated rings. The lowest BCUT2D eigenvalue weighted by molar-refractivity contribution is 0.787. The molecule has 0 radical (unpaired) electrons. The summed E-state index contributed by atoms with van der Waals surface area (Å²) in [6.45, 7) is 1.94. The minimum atomic E-state index is 0.415. The number of para-hydroxylation sites is 1. The second-order valence-electron chi connectivity index (χ2n) is 4.53. The summed E-state index contributed by atoms with van der Waals surface area (Å²) in [5.41, 5.74) is 8.64. The monoisotopic (exact) mass is 319 g/mol. The van der Waals surface area contributed by atoms with Gasteiger partial charge in [-0.05, 0) is 41.1 Å². The molecule has 106 valence electrons. The molecule has 0 bridgehead atoms. The van der Waals surface area contributed by atoms with Crippen molar-refractivity contribution in [1.82, 2.24) is 20.2 Å². The molecule has 7 heteroatoms. The zero-order valence-corrected chi connectivity index (χ0v) is 12.6. The van der Waals surface area contributed by atoms with Crippen LogP contribution in [0.5, 0.6) is 0 Å². The van der Waals surface area contributed by atoms with Gasteiger partial charge in [0.1, 0.15) is 0 Å². The van der Waals surface area contributed by atoms with Crippen molar-refractivity contribution in [1.29, 1.82) is 0 Å². The highest BCUT2D eigenvalue weighted by atomic mass is 35.5. The van der Waals surface area contributed by atoms with Crippen LogP contribution in [-0.2, 0) is 0 Å². The summed E-state index contributed by atoms with van der Waals surface area (Å²) in [6, 6.07) is 10.9. The highest BCUT2D eigenvalue weighted by Crippen LogP contribution is 2.33. The lowest BCUT2D eigenvalue weighted by Gasteiger charge is -2.11. The Hall–Kier alpha value is -2.11. The fourth-order valence-corrected chi connectivity index (χ4v) is 2.63. The number of rotatable bonds is 2. The van der Waals surface area contributed by atoms with Crippen LogP contribution in [0.2, 0.25) is 10.0 Å². The van der Waals surface area contributed by atoms with Gasteiger partial charge in [-0.25, -0.2) is 0 Å². The van der Waals surface area contributed by atoms with E-state index in [-0.39, 0.29) is 0 Å². The van der Waals surface area contributed by atoms with Crippen molar-refractivity contribution in [3.05, 3.63) is 52.0 Å².